The molecule has 0 aliphatic heterocycles. The highest BCUT2D eigenvalue weighted by Gasteiger charge is 2.28. The van der Waals surface area contributed by atoms with Crippen LogP contribution in [0.1, 0.15) is 32.3 Å². The molecular weight excluding hydrogens is 306 g/mol. The van der Waals surface area contributed by atoms with E-state index in [0.717, 1.165) is 16.9 Å². The highest BCUT2D eigenvalue weighted by atomic mass is 35.5. The summed E-state index contributed by atoms with van der Waals surface area (Å²) < 4.78 is 27.6. The first kappa shape index (κ1) is 16.9. The third kappa shape index (κ3) is 3.92. The first-order chi connectivity index (χ1) is 8.80. The maximum absolute atomic E-state index is 12.2. The molecule has 0 saturated carbocycles. The number of aliphatic hydroxyl groups is 1. The normalized spacial score (nSPS) is 12.9. The number of halogens is 1. The van der Waals surface area contributed by atoms with Gasteiger partial charge in [-0.1, -0.05) is 25.4 Å². The van der Waals surface area contributed by atoms with Crippen LogP contribution in [0.3, 0.4) is 0 Å². The van der Waals surface area contributed by atoms with Crippen LogP contribution in [0.15, 0.2) is 10.3 Å². The average Bonchev–Trinajstić information content (AvgIpc) is 2.73. The van der Waals surface area contributed by atoms with Gasteiger partial charge in [0.15, 0.2) is 0 Å². The Labute approximate surface area is 123 Å². The topological polar surface area (TPSA) is 66.4 Å². The summed E-state index contributed by atoms with van der Waals surface area (Å²) in [5.74, 6) is 0. The Bertz CT molecular complexity index is 493. The summed E-state index contributed by atoms with van der Waals surface area (Å²) in [5, 5.41) is 9.44. The van der Waals surface area contributed by atoms with Gasteiger partial charge in [0.05, 0.1) is 4.34 Å². The monoisotopic (exact) mass is 325 g/mol. The van der Waals surface area contributed by atoms with Crippen LogP contribution < -0.4 is 4.72 Å². The molecule has 0 saturated heterocycles. The van der Waals surface area contributed by atoms with Gasteiger partial charge in [-0.05, 0) is 31.4 Å². The van der Waals surface area contributed by atoms with Crippen LogP contribution in [0, 0.1) is 12.3 Å². The van der Waals surface area contributed by atoms with Crippen molar-refractivity contribution in [1.29, 1.82) is 0 Å². The number of nitrogens with one attached hydrogen (secondary N) is 1. The van der Waals surface area contributed by atoms with Gasteiger partial charge in [0.1, 0.15) is 4.21 Å². The SMILES string of the molecule is CCC(CC)(CO)CNS(=O)(=O)c1cc(C)c(Cl)s1. The lowest BCUT2D eigenvalue weighted by Crippen LogP contribution is -2.39. The van der Waals surface area contributed by atoms with Gasteiger partial charge >= 0.3 is 0 Å². The van der Waals surface area contributed by atoms with Crippen molar-refractivity contribution in [2.45, 2.75) is 37.8 Å². The van der Waals surface area contributed by atoms with E-state index in [-0.39, 0.29) is 17.4 Å². The molecule has 0 bridgehead atoms. The molecular formula is C12H20ClNO3S2. The molecule has 4 nitrogen and oxygen atoms in total. The van der Waals surface area contributed by atoms with E-state index in [4.69, 9.17) is 11.6 Å². The van der Waals surface area contributed by atoms with Crippen LogP contribution in [0.25, 0.3) is 0 Å². The van der Waals surface area contributed by atoms with Crippen molar-refractivity contribution in [3.05, 3.63) is 16.0 Å². The Morgan fingerprint density at radius 3 is 2.37 bits per heavy atom. The number of thiophene rings is 1. The zero-order valence-electron chi connectivity index (χ0n) is 11.4. The number of aryl methyl sites for hydroxylation is 1. The van der Waals surface area contributed by atoms with Crippen molar-refractivity contribution in [3.63, 3.8) is 0 Å². The smallest absolute Gasteiger partial charge is 0.250 e. The maximum atomic E-state index is 12.2. The van der Waals surface area contributed by atoms with E-state index >= 15 is 0 Å². The summed E-state index contributed by atoms with van der Waals surface area (Å²) in [6, 6.07) is 1.56. The number of rotatable bonds is 7. The van der Waals surface area contributed by atoms with Crippen LogP contribution in [0.2, 0.25) is 4.34 Å². The minimum Gasteiger partial charge on any atom is -0.396 e. The van der Waals surface area contributed by atoms with E-state index in [0.29, 0.717) is 17.2 Å². The number of hydrogen-bond donors (Lipinski definition) is 2. The number of aliphatic hydroxyl groups excluding tert-OH is 1. The highest BCUT2D eigenvalue weighted by molar-refractivity contribution is 7.91. The molecule has 0 aliphatic carbocycles. The van der Waals surface area contributed by atoms with Gasteiger partial charge in [0.2, 0.25) is 10.0 Å². The molecule has 0 aliphatic rings. The second-order valence-corrected chi connectivity index (χ2v) is 8.36. The summed E-state index contributed by atoms with van der Waals surface area (Å²) in [6.45, 7) is 5.86. The van der Waals surface area contributed by atoms with Gasteiger partial charge in [0.25, 0.3) is 0 Å². The number of hydrogen-bond acceptors (Lipinski definition) is 4. The lowest BCUT2D eigenvalue weighted by atomic mass is 9.84. The Morgan fingerprint density at radius 1 is 1.42 bits per heavy atom. The Hall–Kier alpha value is -0.140. The van der Waals surface area contributed by atoms with Gasteiger partial charge in [0, 0.05) is 18.6 Å². The third-order valence-corrected chi connectivity index (χ3v) is 7.00. The highest BCUT2D eigenvalue weighted by Crippen LogP contribution is 2.31. The van der Waals surface area contributed by atoms with E-state index in [1.807, 2.05) is 13.8 Å². The van der Waals surface area contributed by atoms with Crippen LogP contribution >= 0.6 is 22.9 Å². The fourth-order valence-corrected chi connectivity index (χ4v) is 4.57. The fraction of sp³-hybridized carbons (Fsp3) is 0.667. The quantitative estimate of drug-likeness (QED) is 0.810. The molecule has 1 aromatic heterocycles. The molecule has 1 rings (SSSR count). The van der Waals surface area contributed by atoms with Crippen molar-refractivity contribution < 1.29 is 13.5 Å². The van der Waals surface area contributed by atoms with E-state index in [1.165, 1.54) is 0 Å². The lowest BCUT2D eigenvalue weighted by Gasteiger charge is -2.29. The standard InChI is InChI=1S/C12H20ClNO3S2/c1-4-12(5-2,8-15)7-14-19(16,17)10-6-9(3)11(13)18-10/h6,14-15H,4-5,7-8H2,1-3H3. The molecule has 19 heavy (non-hydrogen) atoms. The molecule has 0 amide bonds. The van der Waals surface area contributed by atoms with Crippen molar-refractivity contribution >= 4 is 33.0 Å². The van der Waals surface area contributed by atoms with Crippen molar-refractivity contribution in [1.82, 2.24) is 4.72 Å². The lowest BCUT2D eigenvalue weighted by molar-refractivity contribution is 0.119. The Morgan fingerprint density at radius 2 is 2.00 bits per heavy atom. The van der Waals surface area contributed by atoms with Crippen LogP contribution in [-0.2, 0) is 10.0 Å². The maximum Gasteiger partial charge on any atom is 0.250 e. The summed E-state index contributed by atoms with van der Waals surface area (Å²) in [7, 11) is -3.55. The van der Waals surface area contributed by atoms with Gasteiger partial charge in [-0.15, -0.1) is 11.3 Å². The van der Waals surface area contributed by atoms with E-state index in [2.05, 4.69) is 4.72 Å². The predicted molar refractivity (Wildman–Crippen MR) is 79.4 cm³/mol. The average molecular weight is 326 g/mol. The second kappa shape index (κ2) is 6.54. The minimum atomic E-state index is -3.55. The summed E-state index contributed by atoms with van der Waals surface area (Å²) >= 11 is 6.94. The van der Waals surface area contributed by atoms with E-state index < -0.39 is 15.4 Å². The van der Waals surface area contributed by atoms with Crippen molar-refractivity contribution in [2.24, 2.45) is 5.41 Å². The van der Waals surface area contributed by atoms with E-state index in [1.54, 1.807) is 13.0 Å². The summed E-state index contributed by atoms with van der Waals surface area (Å²) in [5.41, 5.74) is 0.356. The van der Waals surface area contributed by atoms with Crippen LogP contribution in [-0.4, -0.2) is 26.7 Å². The molecule has 0 radical (unpaired) electrons. The molecule has 1 aromatic rings. The molecule has 0 fully saturated rings. The Balaban J connectivity index is 2.86. The molecule has 0 unspecified atom stereocenters. The summed E-state index contributed by atoms with van der Waals surface area (Å²) in [4.78, 5) is 0. The molecule has 2 N–H and O–H groups in total. The molecule has 0 aromatic carbocycles. The Kier molecular flexibility index (Phi) is 5.82. The zero-order valence-corrected chi connectivity index (χ0v) is 13.8. The van der Waals surface area contributed by atoms with Gasteiger partial charge in [-0.3, -0.25) is 0 Å². The molecule has 0 atom stereocenters. The third-order valence-electron chi connectivity index (χ3n) is 3.57. The van der Waals surface area contributed by atoms with Crippen molar-refractivity contribution in [3.8, 4) is 0 Å². The first-order valence-electron chi connectivity index (χ1n) is 6.16. The zero-order chi connectivity index (χ0) is 14.7. The second-order valence-electron chi connectivity index (χ2n) is 4.71. The van der Waals surface area contributed by atoms with E-state index in [9.17, 15) is 13.5 Å². The predicted octanol–water partition coefficient (Wildman–Crippen LogP) is 2.79. The van der Waals surface area contributed by atoms with Gasteiger partial charge < -0.3 is 5.11 Å². The summed E-state index contributed by atoms with van der Waals surface area (Å²) in [6.07, 6.45) is 1.43. The van der Waals surface area contributed by atoms with Crippen molar-refractivity contribution in [2.75, 3.05) is 13.2 Å². The molecule has 7 heteroatoms. The van der Waals surface area contributed by atoms with Crippen LogP contribution in [0.4, 0.5) is 0 Å². The molecule has 1 heterocycles. The molecule has 0 spiro atoms. The number of sulfonamides is 1. The largest absolute Gasteiger partial charge is 0.396 e. The van der Waals surface area contributed by atoms with Crippen LogP contribution in [0.5, 0.6) is 0 Å². The minimum absolute atomic E-state index is 0.0350. The molecule has 110 valence electrons. The fourth-order valence-electron chi connectivity index (χ4n) is 1.66. The van der Waals surface area contributed by atoms with Gasteiger partial charge in [-0.25, -0.2) is 13.1 Å². The van der Waals surface area contributed by atoms with Gasteiger partial charge in [-0.2, -0.15) is 0 Å². The first-order valence-corrected chi connectivity index (χ1v) is 8.84.